The molecule has 0 aliphatic carbocycles. The number of para-hydroxylation sites is 3. The van der Waals surface area contributed by atoms with E-state index < -0.39 is 0 Å². The van der Waals surface area contributed by atoms with Crippen LogP contribution in [0.4, 0.5) is 11.4 Å². The fourth-order valence-corrected chi connectivity index (χ4v) is 4.82. The molecule has 1 atom stereocenters. The molecule has 5 rings (SSSR count). The summed E-state index contributed by atoms with van der Waals surface area (Å²) in [5.41, 5.74) is 2.82. The van der Waals surface area contributed by atoms with Gasteiger partial charge in [0, 0.05) is 31.2 Å². The molecule has 0 saturated carbocycles. The molecular formula is C28H29ClN4O3. The zero-order valence-corrected chi connectivity index (χ0v) is 20.9. The predicted molar refractivity (Wildman–Crippen MR) is 142 cm³/mol. The Morgan fingerprint density at radius 3 is 2.44 bits per heavy atom. The van der Waals surface area contributed by atoms with Gasteiger partial charge >= 0.3 is 0 Å². The standard InChI is InChI=1S/C28H29ClN4O3/c1-20(31-14-16-32(17-15-31)27(35)19-36-23-12-10-22(29)11-13-23)28-30-24-7-3-2-6-21(24)18-33(28)25-8-4-5-9-26(25)34/h2-13,20,34H,14-19H2,1H3. The number of anilines is 1. The Balaban J connectivity index is 1.26. The summed E-state index contributed by atoms with van der Waals surface area (Å²) in [6.07, 6.45) is 0. The number of hydrogen-bond acceptors (Lipinski definition) is 6. The highest BCUT2D eigenvalue weighted by Crippen LogP contribution is 2.35. The quantitative estimate of drug-likeness (QED) is 0.526. The van der Waals surface area contributed by atoms with Gasteiger partial charge in [-0.3, -0.25) is 9.69 Å². The van der Waals surface area contributed by atoms with Crippen LogP contribution >= 0.6 is 11.6 Å². The molecule has 0 spiro atoms. The van der Waals surface area contributed by atoms with Crippen LogP contribution in [0.25, 0.3) is 0 Å². The molecule has 1 fully saturated rings. The van der Waals surface area contributed by atoms with Gasteiger partial charge in [0.1, 0.15) is 17.3 Å². The average molecular weight is 505 g/mol. The number of aromatic hydroxyl groups is 1. The Morgan fingerprint density at radius 2 is 1.69 bits per heavy atom. The number of carbonyl (C=O) groups excluding carboxylic acids is 1. The maximum Gasteiger partial charge on any atom is 0.260 e. The van der Waals surface area contributed by atoms with Gasteiger partial charge in [0.05, 0.1) is 24.0 Å². The van der Waals surface area contributed by atoms with Gasteiger partial charge in [-0.25, -0.2) is 4.99 Å². The van der Waals surface area contributed by atoms with Crippen LogP contribution in [0.2, 0.25) is 5.02 Å². The highest BCUT2D eigenvalue weighted by atomic mass is 35.5. The third kappa shape index (κ3) is 5.17. The van der Waals surface area contributed by atoms with E-state index in [1.165, 1.54) is 0 Å². The Morgan fingerprint density at radius 1 is 1.00 bits per heavy atom. The van der Waals surface area contributed by atoms with E-state index >= 15 is 0 Å². The summed E-state index contributed by atoms with van der Waals surface area (Å²) >= 11 is 5.91. The van der Waals surface area contributed by atoms with Crippen molar-refractivity contribution in [1.29, 1.82) is 0 Å². The lowest BCUT2D eigenvalue weighted by Crippen LogP contribution is -2.56. The Bertz CT molecular complexity index is 1260. The number of aliphatic imine (C=N–C) groups is 1. The molecule has 0 aromatic heterocycles. The molecule has 1 N–H and O–H groups in total. The minimum absolute atomic E-state index is 0.000492. The average Bonchev–Trinajstić information content (AvgIpc) is 2.92. The van der Waals surface area contributed by atoms with Gasteiger partial charge in [-0.2, -0.15) is 0 Å². The van der Waals surface area contributed by atoms with Crippen molar-refractivity contribution in [2.75, 3.05) is 37.7 Å². The Hall–Kier alpha value is -3.55. The topological polar surface area (TPSA) is 68.6 Å². The highest BCUT2D eigenvalue weighted by Gasteiger charge is 2.32. The molecule has 7 nitrogen and oxygen atoms in total. The zero-order chi connectivity index (χ0) is 25.1. The second kappa shape index (κ2) is 10.6. The molecule has 186 valence electrons. The zero-order valence-electron chi connectivity index (χ0n) is 20.2. The number of amides is 1. The summed E-state index contributed by atoms with van der Waals surface area (Å²) < 4.78 is 5.64. The third-order valence-corrected chi connectivity index (χ3v) is 7.02. The first-order valence-corrected chi connectivity index (χ1v) is 12.5. The molecule has 0 radical (unpaired) electrons. The summed E-state index contributed by atoms with van der Waals surface area (Å²) in [5.74, 6) is 1.71. The van der Waals surface area contributed by atoms with E-state index in [0.29, 0.717) is 30.4 Å². The van der Waals surface area contributed by atoms with Crippen LogP contribution in [0, 0.1) is 0 Å². The molecule has 1 unspecified atom stereocenters. The molecule has 3 aromatic carbocycles. The fourth-order valence-electron chi connectivity index (χ4n) is 4.70. The number of phenolic OH excluding ortho intramolecular Hbond substituents is 1. The minimum atomic E-state index is -0.0305. The van der Waals surface area contributed by atoms with Crippen LogP contribution in [0.1, 0.15) is 12.5 Å². The van der Waals surface area contributed by atoms with Crippen molar-refractivity contribution in [3.63, 3.8) is 0 Å². The number of carbonyl (C=O) groups is 1. The van der Waals surface area contributed by atoms with Gasteiger partial charge in [0.25, 0.3) is 5.91 Å². The van der Waals surface area contributed by atoms with Crippen LogP contribution in [0.15, 0.2) is 77.8 Å². The number of benzene rings is 3. The highest BCUT2D eigenvalue weighted by molar-refractivity contribution is 6.30. The largest absolute Gasteiger partial charge is 0.506 e. The molecule has 2 heterocycles. The van der Waals surface area contributed by atoms with E-state index in [4.69, 9.17) is 21.3 Å². The van der Waals surface area contributed by atoms with Crippen LogP contribution in [-0.2, 0) is 11.3 Å². The van der Waals surface area contributed by atoms with Crippen LogP contribution in [0.5, 0.6) is 11.5 Å². The fraction of sp³-hybridized carbons (Fsp3) is 0.286. The van der Waals surface area contributed by atoms with Crippen molar-refractivity contribution < 1.29 is 14.6 Å². The Kier molecular flexibility index (Phi) is 7.11. The minimum Gasteiger partial charge on any atom is -0.506 e. The number of phenols is 1. The lowest BCUT2D eigenvalue weighted by Gasteiger charge is -2.41. The first-order valence-electron chi connectivity index (χ1n) is 12.1. The molecule has 0 bridgehead atoms. The molecule has 1 saturated heterocycles. The summed E-state index contributed by atoms with van der Waals surface area (Å²) in [5, 5.41) is 11.2. The third-order valence-electron chi connectivity index (χ3n) is 6.77. The van der Waals surface area contributed by atoms with Crippen molar-refractivity contribution in [1.82, 2.24) is 9.80 Å². The molecule has 2 aliphatic rings. The molecule has 36 heavy (non-hydrogen) atoms. The summed E-state index contributed by atoms with van der Waals surface area (Å²) in [4.78, 5) is 24.0. The van der Waals surface area contributed by atoms with Crippen molar-refractivity contribution in [3.8, 4) is 11.5 Å². The van der Waals surface area contributed by atoms with Crippen molar-refractivity contribution in [3.05, 3.63) is 83.4 Å². The van der Waals surface area contributed by atoms with Crippen molar-refractivity contribution in [2.45, 2.75) is 19.5 Å². The second-order valence-electron chi connectivity index (χ2n) is 9.01. The van der Waals surface area contributed by atoms with E-state index in [1.807, 2.05) is 41.3 Å². The number of fused-ring (bicyclic) bond motifs is 1. The first-order chi connectivity index (χ1) is 17.5. The lowest BCUT2D eigenvalue weighted by atomic mass is 10.1. The molecule has 1 amide bonds. The van der Waals surface area contributed by atoms with Gasteiger partial charge in [0.2, 0.25) is 0 Å². The summed E-state index contributed by atoms with van der Waals surface area (Å²) in [6, 6.07) is 22.5. The maximum atomic E-state index is 12.7. The molecule has 2 aliphatic heterocycles. The number of piperazine rings is 1. The molecule has 3 aromatic rings. The summed E-state index contributed by atoms with van der Waals surface area (Å²) in [7, 11) is 0. The molecule has 8 heteroatoms. The molecular weight excluding hydrogens is 476 g/mol. The Labute approximate surface area is 216 Å². The predicted octanol–water partition coefficient (Wildman–Crippen LogP) is 4.71. The summed E-state index contributed by atoms with van der Waals surface area (Å²) in [6.45, 7) is 5.47. The monoisotopic (exact) mass is 504 g/mol. The number of rotatable bonds is 6. The number of nitrogens with zero attached hydrogens (tertiary/aromatic N) is 4. The lowest BCUT2D eigenvalue weighted by molar-refractivity contribution is -0.135. The van der Waals surface area contributed by atoms with E-state index in [1.54, 1.807) is 30.3 Å². The van der Waals surface area contributed by atoms with Crippen LogP contribution in [-0.4, -0.2) is 65.5 Å². The smallest absolute Gasteiger partial charge is 0.260 e. The SMILES string of the molecule is CC(C1=Nc2ccccc2CN1c1ccccc1O)N1CCN(C(=O)COc2ccc(Cl)cc2)CC1. The number of amidine groups is 1. The van der Waals surface area contributed by atoms with Gasteiger partial charge in [0.15, 0.2) is 6.61 Å². The maximum absolute atomic E-state index is 12.7. The number of hydrogen-bond donors (Lipinski definition) is 1. The first kappa shape index (κ1) is 24.2. The number of halogens is 1. The van der Waals surface area contributed by atoms with E-state index in [2.05, 4.69) is 22.8 Å². The van der Waals surface area contributed by atoms with Crippen molar-refractivity contribution in [2.24, 2.45) is 4.99 Å². The van der Waals surface area contributed by atoms with Gasteiger partial charge < -0.3 is 19.6 Å². The number of ether oxygens (including phenoxy) is 1. The van der Waals surface area contributed by atoms with Gasteiger partial charge in [-0.15, -0.1) is 0 Å². The van der Waals surface area contributed by atoms with E-state index in [9.17, 15) is 9.90 Å². The van der Waals surface area contributed by atoms with E-state index in [0.717, 1.165) is 35.9 Å². The second-order valence-corrected chi connectivity index (χ2v) is 9.45. The van der Waals surface area contributed by atoms with Crippen LogP contribution < -0.4 is 9.64 Å². The normalized spacial score (nSPS) is 16.8. The van der Waals surface area contributed by atoms with E-state index in [-0.39, 0.29) is 24.3 Å². The van der Waals surface area contributed by atoms with Gasteiger partial charge in [-0.1, -0.05) is 41.9 Å². The van der Waals surface area contributed by atoms with Crippen LogP contribution in [0.3, 0.4) is 0 Å². The van der Waals surface area contributed by atoms with Gasteiger partial charge in [-0.05, 0) is 55.0 Å². The van der Waals surface area contributed by atoms with Crippen molar-refractivity contribution >= 4 is 34.7 Å².